The molecule has 20 heavy (non-hydrogen) atoms. The van der Waals surface area contributed by atoms with Gasteiger partial charge in [0.2, 0.25) is 0 Å². The maximum atomic E-state index is 5.91. The summed E-state index contributed by atoms with van der Waals surface area (Å²) in [6, 6.07) is 9.02. The first-order chi connectivity index (χ1) is 9.54. The van der Waals surface area contributed by atoms with Gasteiger partial charge in [-0.1, -0.05) is 30.3 Å². The third kappa shape index (κ3) is 5.95. The van der Waals surface area contributed by atoms with Crippen molar-refractivity contribution in [3.63, 3.8) is 0 Å². The second kappa shape index (κ2) is 8.05. The van der Waals surface area contributed by atoms with E-state index in [0.717, 1.165) is 25.9 Å². The quantitative estimate of drug-likeness (QED) is 0.359. The first-order valence-electron chi connectivity index (χ1n) is 7.28. The molecule has 1 aromatic carbocycles. The largest absolute Gasteiger partial charge is 0.378 e. The van der Waals surface area contributed by atoms with Crippen LogP contribution < -0.4 is 0 Å². The number of hydrogen-bond donors (Lipinski definition) is 0. The van der Waals surface area contributed by atoms with E-state index in [1.54, 1.807) is 0 Å². The smallest absolute Gasteiger partial charge is 0.341 e. The molecule has 0 aliphatic heterocycles. The highest BCUT2D eigenvalue weighted by Crippen LogP contribution is 2.34. The molecule has 0 spiro atoms. The maximum absolute atomic E-state index is 5.91. The molecule has 0 aromatic heterocycles. The number of halogens is 3. The van der Waals surface area contributed by atoms with Crippen LogP contribution in [-0.4, -0.2) is 18.7 Å². The van der Waals surface area contributed by atoms with Crippen molar-refractivity contribution in [1.29, 1.82) is 0 Å². The normalized spacial score (nSPS) is 23.8. The lowest BCUT2D eigenvalue weighted by Crippen LogP contribution is -2.22. The summed E-state index contributed by atoms with van der Waals surface area (Å²) in [6.45, 7) is 0.724. The molecule has 0 saturated heterocycles. The Balaban J connectivity index is 1.65. The first kappa shape index (κ1) is 16.6. The van der Waals surface area contributed by atoms with E-state index in [2.05, 4.69) is 30.3 Å². The van der Waals surface area contributed by atoms with Crippen LogP contribution in [0.4, 0.5) is 0 Å². The lowest BCUT2D eigenvalue weighted by atomic mass is 9.83. The van der Waals surface area contributed by atoms with Crippen LogP contribution in [0.1, 0.15) is 43.6 Å². The van der Waals surface area contributed by atoms with Gasteiger partial charge in [0, 0.05) is 6.61 Å². The van der Waals surface area contributed by atoms with Crippen molar-refractivity contribution in [2.24, 2.45) is 0 Å². The zero-order chi connectivity index (χ0) is 14.4. The Hall–Kier alpha value is 0.267. The zero-order valence-electron chi connectivity index (χ0n) is 11.5. The Morgan fingerprint density at radius 3 is 2.25 bits per heavy atom. The summed E-state index contributed by atoms with van der Waals surface area (Å²) >= 11 is 17.6. The van der Waals surface area contributed by atoms with Gasteiger partial charge < -0.3 is 4.74 Å². The topological polar surface area (TPSA) is 9.23 Å². The molecule has 1 nitrogen and oxygen atoms in total. The second-order valence-corrected chi connectivity index (χ2v) is 14.8. The minimum Gasteiger partial charge on any atom is -0.378 e. The minimum atomic E-state index is -2.46. The van der Waals surface area contributed by atoms with Crippen molar-refractivity contribution in [2.45, 2.75) is 50.2 Å². The number of benzene rings is 1. The van der Waals surface area contributed by atoms with Crippen LogP contribution in [0.2, 0.25) is 6.04 Å². The molecule has 5 heteroatoms. The molecular weight excluding hydrogens is 331 g/mol. The molecule has 0 heterocycles. The summed E-state index contributed by atoms with van der Waals surface area (Å²) in [6.07, 6.45) is 5.98. The third-order valence-electron chi connectivity index (χ3n) is 3.90. The van der Waals surface area contributed by atoms with Gasteiger partial charge in [0.1, 0.15) is 0 Å². The van der Waals surface area contributed by atoms with Crippen LogP contribution >= 0.6 is 33.2 Å². The Morgan fingerprint density at radius 1 is 1.00 bits per heavy atom. The fourth-order valence-electron chi connectivity index (χ4n) is 2.81. The molecule has 0 N–H and O–H groups in total. The van der Waals surface area contributed by atoms with E-state index >= 15 is 0 Å². The standard InChI is InChI=1S/C15H21Cl3OSi/c16-20(17,18)12-4-11-19-15-9-7-14(8-10-15)13-5-2-1-3-6-13/h1-3,5-6,14-15H,4,7-12H2/t14-,15-. The molecule has 2 rings (SSSR count). The van der Waals surface area contributed by atoms with Gasteiger partial charge in [0.25, 0.3) is 0 Å². The lowest BCUT2D eigenvalue weighted by Gasteiger charge is -2.29. The van der Waals surface area contributed by atoms with E-state index in [9.17, 15) is 0 Å². The average molecular weight is 352 g/mol. The van der Waals surface area contributed by atoms with Crippen LogP contribution in [0.15, 0.2) is 30.3 Å². The highest BCUT2D eigenvalue weighted by molar-refractivity contribution is 7.64. The summed E-state index contributed by atoms with van der Waals surface area (Å²) in [4.78, 5) is 0. The molecular formula is C15H21Cl3OSi. The predicted molar refractivity (Wildman–Crippen MR) is 90.1 cm³/mol. The van der Waals surface area contributed by atoms with Gasteiger partial charge in [-0.2, -0.15) is 0 Å². The summed E-state index contributed by atoms with van der Waals surface area (Å²) < 4.78 is 5.91. The fourth-order valence-corrected chi connectivity index (χ4v) is 4.56. The summed E-state index contributed by atoms with van der Waals surface area (Å²) in [5.41, 5.74) is 1.47. The highest BCUT2D eigenvalue weighted by atomic mass is 35.8. The molecule has 0 amide bonds. The molecule has 0 unspecified atom stereocenters. The van der Waals surface area contributed by atoms with Gasteiger partial charge >= 0.3 is 6.00 Å². The zero-order valence-corrected chi connectivity index (χ0v) is 14.8. The van der Waals surface area contributed by atoms with E-state index in [0.29, 0.717) is 18.1 Å². The van der Waals surface area contributed by atoms with Crippen molar-refractivity contribution >= 4 is 39.2 Å². The van der Waals surface area contributed by atoms with E-state index in [1.165, 1.54) is 18.4 Å². The monoisotopic (exact) mass is 350 g/mol. The molecule has 1 aliphatic carbocycles. The summed E-state index contributed by atoms with van der Waals surface area (Å²) in [5.74, 6) is 0.699. The van der Waals surface area contributed by atoms with E-state index in [4.69, 9.17) is 38.0 Å². The Kier molecular flexibility index (Phi) is 6.69. The highest BCUT2D eigenvalue weighted by Gasteiger charge is 2.25. The molecule has 1 aliphatic rings. The summed E-state index contributed by atoms with van der Waals surface area (Å²) in [7, 11) is 0. The first-order valence-corrected chi connectivity index (χ1v) is 12.5. The Morgan fingerprint density at radius 2 is 1.65 bits per heavy atom. The molecule has 112 valence electrons. The van der Waals surface area contributed by atoms with Crippen molar-refractivity contribution in [2.75, 3.05) is 6.61 Å². The van der Waals surface area contributed by atoms with Crippen molar-refractivity contribution in [3.8, 4) is 0 Å². The molecule has 1 saturated carbocycles. The SMILES string of the molecule is Cl[Si](Cl)(Cl)CCCO[C@H]1CC[C@H](c2ccccc2)CC1. The minimum absolute atomic E-state index is 0.395. The van der Waals surface area contributed by atoms with Crippen LogP contribution in [0.25, 0.3) is 0 Å². The van der Waals surface area contributed by atoms with Gasteiger partial charge in [-0.15, -0.1) is 33.2 Å². The summed E-state index contributed by atoms with van der Waals surface area (Å²) in [5, 5.41) is 0. The van der Waals surface area contributed by atoms with E-state index < -0.39 is 6.00 Å². The van der Waals surface area contributed by atoms with Crippen LogP contribution in [0.5, 0.6) is 0 Å². The van der Waals surface area contributed by atoms with Gasteiger partial charge in [-0.05, 0) is 49.6 Å². The predicted octanol–water partition coefficient (Wildman–Crippen LogP) is 5.77. The molecule has 1 aromatic rings. The van der Waals surface area contributed by atoms with Gasteiger partial charge in [-0.25, -0.2) is 0 Å². The van der Waals surface area contributed by atoms with Gasteiger partial charge in [-0.3, -0.25) is 0 Å². The number of hydrogen-bond acceptors (Lipinski definition) is 1. The van der Waals surface area contributed by atoms with Crippen LogP contribution in [0, 0.1) is 0 Å². The lowest BCUT2D eigenvalue weighted by molar-refractivity contribution is 0.0251. The maximum Gasteiger partial charge on any atom is 0.341 e. The molecule has 0 bridgehead atoms. The van der Waals surface area contributed by atoms with Crippen molar-refractivity contribution in [3.05, 3.63) is 35.9 Å². The van der Waals surface area contributed by atoms with Crippen molar-refractivity contribution < 1.29 is 4.74 Å². The Bertz CT molecular complexity index is 386. The van der Waals surface area contributed by atoms with E-state index in [1.807, 2.05) is 0 Å². The molecule has 0 atom stereocenters. The van der Waals surface area contributed by atoms with Crippen molar-refractivity contribution in [1.82, 2.24) is 0 Å². The van der Waals surface area contributed by atoms with E-state index in [-0.39, 0.29) is 0 Å². The third-order valence-corrected chi connectivity index (χ3v) is 6.52. The average Bonchev–Trinajstić information content (AvgIpc) is 2.44. The Labute approximate surface area is 136 Å². The number of ether oxygens (including phenoxy) is 1. The second-order valence-electron chi connectivity index (χ2n) is 5.47. The molecule has 1 fully saturated rings. The fraction of sp³-hybridized carbons (Fsp3) is 0.600. The van der Waals surface area contributed by atoms with Crippen LogP contribution in [0.3, 0.4) is 0 Å². The molecule has 0 radical (unpaired) electrons. The number of rotatable bonds is 6. The van der Waals surface area contributed by atoms with Crippen LogP contribution in [-0.2, 0) is 4.74 Å². The van der Waals surface area contributed by atoms with Gasteiger partial charge in [0.15, 0.2) is 0 Å². The van der Waals surface area contributed by atoms with Gasteiger partial charge in [0.05, 0.1) is 6.10 Å².